The summed E-state index contributed by atoms with van der Waals surface area (Å²) in [4.78, 5) is 4.64. The van der Waals surface area contributed by atoms with E-state index in [2.05, 4.69) is 21.0 Å². The molecule has 1 aliphatic heterocycles. The molecule has 1 fully saturated rings. The highest BCUT2D eigenvalue weighted by Gasteiger charge is 2.17. The van der Waals surface area contributed by atoms with Crippen molar-refractivity contribution in [1.82, 2.24) is 4.90 Å². The van der Waals surface area contributed by atoms with Crippen LogP contribution in [0.1, 0.15) is 6.42 Å². The molecule has 2 rings (SSSR count). The fourth-order valence-corrected chi connectivity index (χ4v) is 2.41. The van der Waals surface area contributed by atoms with E-state index in [4.69, 9.17) is 22.5 Å². The molecule has 1 saturated heterocycles. The molecule has 0 spiro atoms. The molecule has 104 valence electrons. The van der Waals surface area contributed by atoms with E-state index in [1.807, 2.05) is 18.2 Å². The Morgan fingerprint density at radius 2 is 2.05 bits per heavy atom. The number of benzene rings is 1. The summed E-state index contributed by atoms with van der Waals surface area (Å²) in [6, 6.07) is 7.94. The zero-order valence-corrected chi connectivity index (χ0v) is 11.6. The summed E-state index contributed by atoms with van der Waals surface area (Å²) in [6.45, 7) is 4.72. The molecule has 0 aromatic heterocycles. The summed E-state index contributed by atoms with van der Waals surface area (Å²) in [5.74, 6) is 0.289. The van der Waals surface area contributed by atoms with E-state index in [-0.39, 0.29) is 5.84 Å². The van der Waals surface area contributed by atoms with Crippen molar-refractivity contribution in [3.05, 3.63) is 29.3 Å². The van der Waals surface area contributed by atoms with Gasteiger partial charge in [0, 0.05) is 49.9 Å². The molecule has 0 saturated carbocycles. The zero-order chi connectivity index (χ0) is 13.7. The number of piperazine rings is 1. The molecule has 0 unspecified atom stereocenters. The second-order valence-corrected chi connectivity index (χ2v) is 5.09. The van der Waals surface area contributed by atoms with Gasteiger partial charge in [0.2, 0.25) is 0 Å². The van der Waals surface area contributed by atoms with Gasteiger partial charge in [0.15, 0.2) is 0 Å². The molecule has 0 amide bonds. The molecular weight excluding hydrogens is 264 g/mol. The van der Waals surface area contributed by atoms with Crippen LogP contribution in [0.4, 0.5) is 5.69 Å². The van der Waals surface area contributed by atoms with Gasteiger partial charge in [-0.25, -0.2) is 0 Å². The molecule has 1 aliphatic rings. The molecule has 5 nitrogen and oxygen atoms in total. The van der Waals surface area contributed by atoms with E-state index >= 15 is 0 Å². The van der Waals surface area contributed by atoms with Gasteiger partial charge in [0.05, 0.1) is 0 Å². The minimum absolute atomic E-state index is 0.289. The minimum Gasteiger partial charge on any atom is -0.409 e. The molecule has 6 heteroatoms. The average molecular weight is 283 g/mol. The first-order chi connectivity index (χ1) is 9.19. The van der Waals surface area contributed by atoms with Crippen LogP contribution in [-0.4, -0.2) is 48.7 Å². The van der Waals surface area contributed by atoms with Gasteiger partial charge >= 0.3 is 0 Å². The van der Waals surface area contributed by atoms with Gasteiger partial charge in [-0.1, -0.05) is 22.8 Å². The Morgan fingerprint density at radius 1 is 1.32 bits per heavy atom. The van der Waals surface area contributed by atoms with Crippen LogP contribution in [0.15, 0.2) is 29.4 Å². The number of hydrogen-bond donors (Lipinski definition) is 2. The highest BCUT2D eigenvalue weighted by atomic mass is 35.5. The lowest BCUT2D eigenvalue weighted by molar-refractivity contribution is 0.262. The van der Waals surface area contributed by atoms with E-state index in [9.17, 15) is 0 Å². The maximum atomic E-state index is 8.50. The summed E-state index contributed by atoms with van der Waals surface area (Å²) in [5.41, 5.74) is 6.64. The second kappa shape index (κ2) is 6.63. The number of nitrogens with two attached hydrogens (primary N) is 1. The van der Waals surface area contributed by atoms with Crippen LogP contribution in [0, 0.1) is 0 Å². The Morgan fingerprint density at radius 3 is 2.68 bits per heavy atom. The van der Waals surface area contributed by atoms with Gasteiger partial charge in [-0.15, -0.1) is 0 Å². The summed E-state index contributed by atoms with van der Waals surface area (Å²) in [5, 5.41) is 12.3. The molecule has 1 heterocycles. The third kappa shape index (κ3) is 4.01. The summed E-state index contributed by atoms with van der Waals surface area (Å²) in [6.07, 6.45) is 0.605. The van der Waals surface area contributed by atoms with Gasteiger partial charge in [-0.2, -0.15) is 0 Å². The largest absolute Gasteiger partial charge is 0.409 e. The predicted octanol–water partition coefficient (Wildman–Crippen LogP) is 1.60. The van der Waals surface area contributed by atoms with E-state index in [1.54, 1.807) is 0 Å². The molecule has 0 bridgehead atoms. The fraction of sp³-hybridized carbons (Fsp3) is 0.462. The maximum Gasteiger partial charge on any atom is 0.140 e. The summed E-state index contributed by atoms with van der Waals surface area (Å²) >= 11 is 6.01. The van der Waals surface area contributed by atoms with Crippen molar-refractivity contribution in [2.75, 3.05) is 37.6 Å². The third-order valence-corrected chi connectivity index (χ3v) is 3.59. The van der Waals surface area contributed by atoms with Crippen molar-refractivity contribution < 1.29 is 5.21 Å². The van der Waals surface area contributed by atoms with Crippen molar-refractivity contribution >= 4 is 23.1 Å². The normalized spacial score (nSPS) is 17.7. The van der Waals surface area contributed by atoms with E-state index in [0.29, 0.717) is 6.42 Å². The van der Waals surface area contributed by atoms with Crippen LogP contribution < -0.4 is 10.6 Å². The lowest BCUT2D eigenvalue weighted by Crippen LogP contribution is -2.47. The minimum atomic E-state index is 0.289. The first-order valence-electron chi connectivity index (χ1n) is 6.38. The van der Waals surface area contributed by atoms with Crippen molar-refractivity contribution in [2.24, 2.45) is 10.9 Å². The van der Waals surface area contributed by atoms with Gasteiger partial charge in [0.1, 0.15) is 5.84 Å². The molecule has 1 aromatic rings. The number of halogens is 1. The van der Waals surface area contributed by atoms with Crippen molar-refractivity contribution in [3.8, 4) is 0 Å². The van der Waals surface area contributed by atoms with E-state index in [1.165, 1.54) is 5.69 Å². The van der Waals surface area contributed by atoms with Crippen molar-refractivity contribution in [1.29, 1.82) is 0 Å². The predicted molar refractivity (Wildman–Crippen MR) is 78.1 cm³/mol. The SMILES string of the molecule is N/C(CCN1CCN(c2cccc(Cl)c2)CC1)=N\O. The molecule has 0 aliphatic carbocycles. The average Bonchev–Trinajstić information content (AvgIpc) is 2.45. The van der Waals surface area contributed by atoms with Crippen molar-refractivity contribution in [2.45, 2.75) is 6.42 Å². The van der Waals surface area contributed by atoms with E-state index in [0.717, 1.165) is 37.7 Å². The third-order valence-electron chi connectivity index (χ3n) is 3.36. The number of nitrogens with zero attached hydrogens (tertiary/aromatic N) is 3. The summed E-state index contributed by atoms with van der Waals surface area (Å²) in [7, 11) is 0. The molecule has 0 atom stereocenters. The molecule has 19 heavy (non-hydrogen) atoms. The molecule has 1 aromatic carbocycles. The lowest BCUT2D eigenvalue weighted by Gasteiger charge is -2.36. The van der Waals surface area contributed by atoms with Crippen LogP contribution >= 0.6 is 11.6 Å². The topological polar surface area (TPSA) is 65.1 Å². The quantitative estimate of drug-likeness (QED) is 0.381. The zero-order valence-electron chi connectivity index (χ0n) is 10.8. The van der Waals surface area contributed by atoms with Crippen LogP contribution in [-0.2, 0) is 0 Å². The van der Waals surface area contributed by atoms with Gasteiger partial charge < -0.3 is 15.8 Å². The molecule has 0 radical (unpaired) electrons. The number of oxime groups is 1. The van der Waals surface area contributed by atoms with Crippen LogP contribution in [0.3, 0.4) is 0 Å². The molecular formula is C13H19ClN4O. The highest BCUT2D eigenvalue weighted by molar-refractivity contribution is 6.30. The van der Waals surface area contributed by atoms with Gasteiger partial charge in [0.25, 0.3) is 0 Å². The van der Waals surface area contributed by atoms with Crippen molar-refractivity contribution in [3.63, 3.8) is 0 Å². The Labute approximate surface area is 118 Å². The van der Waals surface area contributed by atoms with Crippen LogP contribution in [0.25, 0.3) is 0 Å². The standard InChI is InChI=1S/C13H19ClN4O/c14-11-2-1-3-12(10-11)18-8-6-17(7-9-18)5-4-13(15)16-19/h1-3,10,19H,4-9H2,(H2,15,16). The Kier molecular flexibility index (Phi) is 4.87. The highest BCUT2D eigenvalue weighted by Crippen LogP contribution is 2.20. The number of anilines is 1. The van der Waals surface area contributed by atoms with Crippen LogP contribution in [0.5, 0.6) is 0 Å². The Hall–Kier alpha value is -1.46. The number of amidine groups is 1. The van der Waals surface area contributed by atoms with Gasteiger partial charge in [-0.05, 0) is 18.2 Å². The summed E-state index contributed by atoms with van der Waals surface area (Å²) < 4.78 is 0. The monoisotopic (exact) mass is 282 g/mol. The maximum absolute atomic E-state index is 8.50. The van der Waals surface area contributed by atoms with Crippen LogP contribution in [0.2, 0.25) is 5.02 Å². The lowest BCUT2D eigenvalue weighted by atomic mass is 10.2. The molecule has 3 N–H and O–H groups in total. The van der Waals surface area contributed by atoms with E-state index < -0.39 is 0 Å². The smallest absolute Gasteiger partial charge is 0.140 e. The first kappa shape index (κ1) is 14.0. The Bertz CT molecular complexity index is 444. The number of rotatable bonds is 4. The Balaban J connectivity index is 1.82. The van der Waals surface area contributed by atoms with Gasteiger partial charge in [-0.3, -0.25) is 4.90 Å². The second-order valence-electron chi connectivity index (χ2n) is 4.65. The number of hydrogen-bond acceptors (Lipinski definition) is 4. The first-order valence-corrected chi connectivity index (χ1v) is 6.76. The fourth-order valence-electron chi connectivity index (χ4n) is 2.23.